The minimum absolute atomic E-state index is 0.204. The first-order chi connectivity index (χ1) is 13.2. The van der Waals surface area contributed by atoms with E-state index in [4.69, 9.17) is 9.15 Å². The summed E-state index contributed by atoms with van der Waals surface area (Å²) in [5, 5.41) is 1.11. The van der Waals surface area contributed by atoms with E-state index >= 15 is 0 Å². The maximum absolute atomic E-state index is 11.6. The minimum atomic E-state index is -0.478. The lowest BCUT2D eigenvalue weighted by molar-refractivity contribution is 0.0563. The first-order valence-corrected chi connectivity index (χ1v) is 8.58. The molecule has 0 spiro atoms. The number of hydrogen-bond acceptors (Lipinski definition) is 4. The summed E-state index contributed by atoms with van der Waals surface area (Å²) < 4.78 is 12.4. The Morgan fingerprint density at radius 1 is 1.07 bits per heavy atom. The van der Waals surface area contributed by atoms with Crippen LogP contribution in [0, 0.1) is 0 Å². The van der Waals surface area contributed by atoms with E-state index in [-0.39, 0.29) is 5.76 Å². The molecule has 0 N–H and O–H groups in total. The Kier molecular flexibility index (Phi) is 4.58. The third kappa shape index (κ3) is 3.53. The third-order valence-electron chi connectivity index (χ3n) is 4.30. The zero-order chi connectivity index (χ0) is 18.6. The maximum Gasteiger partial charge on any atom is 0.373 e. The Morgan fingerprint density at radius 3 is 2.67 bits per heavy atom. The molecule has 0 aliphatic rings. The first kappa shape index (κ1) is 16.8. The molecule has 0 saturated heterocycles. The lowest BCUT2D eigenvalue weighted by atomic mass is 10.2. The maximum atomic E-state index is 11.6. The molecule has 0 unspecified atom stereocenters. The second-order valence-corrected chi connectivity index (χ2v) is 6.08. The van der Waals surface area contributed by atoms with E-state index in [1.54, 1.807) is 12.1 Å². The standard InChI is InChI=1S/C22H18N2O3/c1-26-22(25)21-12-11-18(27-21)15-24-14-16(19-9-5-6-10-20(19)24)13-23-17-7-3-2-4-8-17/h2-14H,15H2,1H3. The molecule has 0 bridgehead atoms. The third-order valence-corrected chi connectivity index (χ3v) is 4.30. The Morgan fingerprint density at radius 2 is 1.85 bits per heavy atom. The number of rotatable bonds is 5. The molecule has 5 nitrogen and oxygen atoms in total. The van der Waals surface area contributed by atoms with Gasteiger partial charge in [0, 0.05) is 28.9 Å². The molecule has 2 aromatic carbocycles. The number of furan rings is 1. The van der Waals surface area contributed by atoms with Crippen molar-refractivity contribution in [2.75, 3.05) is 7.11 Å². The molecule has 0 saturated carbocycles. The van der Waals surface area contributed by atoms with Crippen LogP contribution in [0.25, 0.3) is 10.9 Å². The van der Waals surface area contributed by atoms with Gasteiger partial charge in [0.1, 0.15) is 5.76 Å². The minimum Gasteiger partial charge on any atom is -0.463 e. The molecule has 4 rings (SSSR count). The van der Waals surface area contributed by atoms with Gasteiger partial charge in [0.15, 0.2) is 0 Å². The van der Waals surface area contributed by atoms with Gasteiger partial charge in [0.25, 0.3) is 0 Å². The van der Waals surface area contributed by atoms with E-state index in [1.807, 2.05) is 54.9 Å². The predicted octanol–water partition coefficient (Wildman–Crippen LogP) is 4.82. The van der Waals surface area contributed by atoms with E-state index in [0.29, 0.717) is 12.3 Å². The van der Waals surface area contributed by atoms with Gasteiger partial charge in [-0.1, -0.05) is 36.4 Å². The lowest BCUT2D eigenvalue weighted by Crippen LogP contribution is -1.99. The van der Waals surface area contributed by atoms with Crippen molar-refractivity contribution in [1.29, 1.82) is 0 Å². The molecule has 0 aliphatic heterocycles. The first-order valence-electron chi connectivity index (χ1n) is 8.58. The van der Waals surface area contributed by atoms with Crippen LogP contribution in [-0.4, -0.2) is 23.9 Å². The van der Waals surface area contributed by atoms with Crippen molar-refractivity contribution in [3.8, 4) is 0 Å². The fraction of sp³-hybridized carbons (Fsp3) is 0.0909. The fourth-order valence-corrected chi connectivity index (χ4v) is 3.01. The van der Waals surface area contributed by atoms with Crippen LogP contribution in [0.3, 0.4) is 0 Å². The molecule has 2 heterocycles. The number of carbonyl (C=O) groups is 1. The summed E-state index contributed by atoms with van der Waals surface area (Å²) in [7, 11) is 1.34. The largest absolute Gasteiger partial charge is 0.463 e. The summed E-state index contributed by atoms with van der Waals surface area (Å²) >= 11 is 0. The highest BCUT2D eigenvalue weighted by molar-refractivity contribution is 6.00. The number of benzene rings is 2. The summed E-state index contributed by atoms with van der Waals surface area (Å²) in [6, 6.07) is 21.4. The van der Waals surface area contributed by atoms with Crippen LogP contribution in [0.1, 0.15) is 21.9 Å². The number of aliphatic imine (C=N–C) groups is 1. The molecule has 4 aromatic rings. The smallest absolute Gasteiger partial charge is 0.373 e. The van der Waals surface area contributed by atoms with E-state index in [1.165, 1.54) is 7.11 Å². The normalized spacial score (nSPS) is 11.3. The van der Waals surface area contributed by atoms with Crippen LogP contribution in [0.4, 0.5) is 5.69 Å². The Bertz CT molecular complexity index is 1110. The van der Waals surface area contributed by atoms with Crippen molar-refractivity contribution >= 4 is 28.8 Å². The van der Waals surface area contributed by atoms with Crippen LogP contribution in [0.15, 0.2) is 82.3 Å². The van der Waals surface area contributed by atoms with Crippen molar-refractivity contribution in [3.63, 3.8) is 0 Å². The highest BCUT2D eigenvalue weighted by Gasteiger charge is 2.13. The van der Waals surface area contributed by atoms with Gasteiger partial charge in [-0.15, -0.1) is 0 Å². The second-order valence-electron chi connectivity index (χ2n) is 6.08. The van der Waals surface area contributed by atoms with Crippen molar-refractivity contribution in [2.24, 2.45) is 4.99 Å². The molecular formula is C22H18N2O3. The Labute approximate surface area is 156 Å². The van der Waals surface area contributed by atoms with Crippen molar-refractivity contribution < 1.29 is 13.9 Å². The van der Waals surface area contributed by atoms with E-state index < -0.39 is 5.97 Å². The summed E-state index contributed by atoms with van der Waals surface area (Å²) in [6.07, 6.45) is 3.91. The molecular weight excluding hydrogens is 340 g/mol. The van der Waals surface area contributed by atoms with Gasteiger partial charge in [-0.2, -0.15) is 0 Å². The molecule has 5 heteroatoms. The van der Waals surface area contributed by atoms with Gasteiger partial charge in [0.2, 0.25) is 5.76 Å². The molecule has 27 heavy (non-hydrogen) atoms. The van der Waals surface area contributed by atoms with E-state index in [9.17, 15) is 4.79 Å². The summed E-state index contributed by atoms with van der Waals surface area (Å²) in [5.41, 5.74) is 3.00. The van der Waals surface area contributed by atoms with Crippen molar-refractivity contribution in [1.82, 2.24) is 4.57 Å². The fourth-order valence-electron chi connectivity index (χ4n) is 3.01. The average Bonchev–Trinajstić information content (AvgIpc) is 3.32. The monoisotopic (exact) mass is 358 g/mol. The predicted molar refractivity (Wildman–Crippen MR) is 105 cm³/mol. The topological polar surface area (TPSA) is 56.7 Å². The molecule has 0 fully saturated rings. The van der Waals surface area contributed by atoms with Gasteiger partial charge in [-0.3, -0.25) is 4.99 Å². The van der Waals surface area contributed by atoms with Crippen LogP contribution in [-0.2, 0) is 11.3 Å². The Balaban J connectivity index is 1.66. The number of nitrogens with zero attached hydrogens (tertiary/aromatic N) is 2. The summed E-state index contributed by atoms with van der Waals surface area (Å²) in [6.45, 7) is 0.511. The van der Waals surface area contributed by atoms with Gasteiger partial charge < -0.3 is 13.7 Å². The van der Waals surface area contributed by atoms with Gasteiger partial charge >= 0.3 is 5.97 Å². The van der Waals surface area contributed by atoms with Crippen LogP contribution in [0.2, 0.25) is 0 Å². The quantitative estimate of drug-likeness (QED) is 0.380. The number of aromatic nitrogens is 1. The number of carbonyl (C=O) groups excluding carboxylic acids is 1. The summed E-state index contributed by atoms with van der Waals surface area (Å²) in [4.78, 5) is 16.1. The lowest BCUT2D eigenvalue weighted by Gasteiger charge is -2.02. The highest BCUT2D eigenvalue weighted by Crippen LogP contribution is 2.23. The van der Waals surface area contributed by atoms with Crippen LogP contribution < -0.4 is 0 Å². The highest BCUT2D eigenvalue weighted by atomic mass is 16.5. The number of fused-ring (bicyclic) bond motifs is 1. The van der Waals surface area contributed by atoms with Crippen LogP contribution in [0.5, 0.6) is 0 Å². The van der Waals surface area contributed by atoms with E-state index in [0.717, 1.165) is 22.2 Å². The van der Waals surface area contributed by atoms with Gasteiger partial charge in [0.05, 0.1) is 19.3 Å². The number of para-hydroxylation sites is 2. The van der Waals surface area contributed by atoms with Gasteiger partial charge in [-0.25, -0.2) is 4.79 Å². The number of ether oxygens (including phenoxy) is 1. The van der Waals surface area contributed by atoms with Crippen molar-refractivity contribution in [3.05, 3.63) is 90.0 Å². The Hall–Kier alpha value is -3.60. The molecule has 0 amide bonds. The zero-order valence-electron chi connectivity index (χ0n) is 14.8. The number of methoxy groups -OCH3 is 1. The molecule has 0 aliphatic carbocycles. The van der Waals surface area contributed by atoms with Crippen molar-refractivity contribution in [2.45, 2.75) is 6.54 Å². The second kappa shape index (κ2) is 7.33. The summed E-state index contributed by atoms with van der Waals surface area (Å²) in [5.74, 6) is 0.409. The van der Waals surface area contributed by atoms with Gasteiger partial charge in [-0.05, 0) is 30.3 Å². The SMILES string of the molecule is COC(=O)c1ccc(Cn2cc(C=Nc3ccccc3)c3ccccc32)o1. The number of esters is 1. The molecule has 134 valence electrons. The zero-order valence-corrected chi connectivity index (χ0v) is 14.8. The molecule has 0 atom stereocenters. The molecule has 2 aromatic heterocycles. The van der Waals surface area contributed by atoms with E-state index in [2.05, 4.69) is 21.7 Å². The average molecular weight is 358 g/mol. The number of hydrogen-bond donors (Lipinski definition) is 0. The van der Waals surface area contributed by atoms with Crippen LogP contribution >= 0.6 is 0 Å². The molecule has 0 radical (unpaired) electrons.